The van der Waals surface area contributed by atoms with Gasteiger partial charge in [-0.2, -0.15) is 0 Å². The lowest BCUT2D eigenvalue weighted by Crippen LogP contribution is -1.96. The Bertz CT molecular complexity index is 629. The number of carbonyl (C=O) groups excluding carboxylic acids is 1. The minimum atomic E-state index is 0.729. The van der Waals surface area contributed by atoms with Crippen molar-refractivity contribution < 1.29 is 4.79 Å². The summed E-state index contributed by atoms with van der Waals surface area (Å²) < 4.78 is 0. The van der Waals surface area contributed by atoms with Crippen LogP contribution in [0.4, 0.5) is 0 Å². The van der Waals surface area contributed by atoms with Gasteiger partial charge >= 0.3 is 0 Å². The van der Waals surface area contributed by atoms with E-state index in [1.54, 1.807) is 12.1 Å². The number of aldehydes is 1. The Kier molecular flexibility index (Phi) is 3.42. The van der Waals surface area contributed by atoms with Crippen LogP contribution in [-0.4, -0.2) is 6.29 Å². The lowest BCUT2D eigenvalue weighted by atomic mass is 9.81. The van der Waals surface area contributed by atoms with Gasteiger partial charge in [-0.05, 0) is 22.3 Å². The molecule has 0 atom stereocenters. The van der Waals surface area contributed by atoms with Crippen molar-refractivity contribution in [3.63, 3.8) is 0 Å². The van der Waals surface area contributed by atoms with Crippen LogP contribution in [0, 0.1) is 0 Å². The molecule has 0 N–H and O–H groups in total. The fourth-order valence-corrected chi connectivity index (χ4v) is 2.37. The molecule has 0 amide bonds. The lowest BCUT2D eigenvalue weighted by Gasteiger charge is -2.22. The van der Waals surface area contributed by atoms with E-state index in [9.17, 15) is 4.79 Å². The minimum absolute atomic E-state index is 0.729. The highest BCUT2D eigenvalue weighted by Crippen LogP contribution is 2.46. The number of fused-ring (bicyclic) bond motifs is 4. The molecule has 0 radical (unpaired) electrons. The molecule has 1 nitrogen and oxygen atoms in total. The normalized spacial score (nSPS) is 10.2. The van der Waals surface area contributed by atoms with Crippen LogP contribution < -0.4 is 0 Å². The van der Waals surface area contributed by atoms with E-state index in [0.717, 1.165) is 11.8 Å². The third-order valence-electron chi connectivity index (χ3n) is 3.37. The molecular formula is C19H14O. The Morgan fingerprint density at radius 2 is 0.850 bits per heavy atom. The van der Waals surface area contributed by atoms with Gasteiger partial charge in [0.1, 0.15) is 6.29 Å². The van der Waals surface area contributed by atoms with E-state index in [2.05, 4.69) is 48.5 Å². The standard InChI is InChI=1S/C12H8.C7H6O/c1-2-6-10-9(5-1)11-7-3-4-8-12(10)11;8-6-7-4-2-1-3-5-7/h1-8H;1-6H. The smallest absolute Gasteiger partial charge is 0.150 e. The molecule has 4 rings (SSSR count). The first-order chi connectivity index (χ1) is 9.90. The SMILES string of the molecule is O=Cc1ccccc1.c1ccc2c(c1)-c1ccccc1-2. The van der Waals surface area contributed by atoms with Gasteiger partial charge in [-0.25, -0.2) is 0 Å². The van der Waals surface area contributed by atoms with E-state index in [1.807, 2.05) is 18.2 Å². The van der Waals surface area contributed by atoms with Crippen LogP contribution in [0.3, 0.4) is 0 Å². The molecule has 0 spiro atoms. The lowest BCUT2D eigenvalue weighted by molar-refractivity contribution is 0.112. The third kappa shape index (κ3) is 2.26. The number of benzene rings is 3. The quantitative estimate of drug-likeness (QED) is 0.447. The maximum atomic E-state index is 10.0. The van der Waals surface area contributed by atoms with Crippen molar-refractivity contribution in [1.82, 2.24) is 0 Å². The van der Waals surface area contributed by atoms with Gasteiger partial charge in [-0.3, -0.25) is 4.79 Å². The highest BCUT2D eigenvalue weighted by Gasteiger charge is 2.19. The fraction of sp³-hybridized carbons (Fsp3) is 0. The first-order valence-electron chi connectivity index (χ1n) is 6.59. The van der Waals surface area contributed by atoms with Crippen molar-refractivity contribution in [3.8, 4) is 22.3 Å². The maximum Gasteiger partial charge on any atom is 0.150 e. The van der Waals surface area contributed by atoms with Gasteiger partial charge in [0, 0.05) is 5.56 Å². The highest BCUT2D eigenvalue weighted by molar-refractivity contribution is 6.02. The van der Waals surface area contributed by atoms with Gasteiger partial charge < -0.3 is 0 Å². The van der Waals surface area contributed by atoms with Crippen molar-refractivity contribution in [2.45, 2.75) is 0 Å². The first kappa shape index (κ1) is 12.4. The van der Waals surface area contributed by atoms with Crippen molar-refractivity contribution in [2.75, 3.05) is 0 Å². The van der Waals surface area contributed by atoms with Crippen LogP contribution >= 0.6 is 0 Å². The average Bonchev–Trinajstić information content (AvgIpc) is 2.54. The molecule has 0 saturated heterocycles. The van der Waals surface area contributed by atoms with E-state index >= 15 is 0 Å². The number of carbonyl (C=O) groups is 1. The topological polar surface area (TPSA) is 17.1 Å². The van der Waals surface area contributed by atoms with Gasteiger partial charge in [0.05, 0.1) is 0 Å². The summed E-state index contributed by atoms with van der Waals surface area (Å²) in [6, 6.07) is 26.2. The molecule has 3 aromatic rings. The van der Waals surface area contributed by atoms with Crippen molar-refractivity contribution >= 4 is 6.29 Å². The molecule has 0 heterocycles. The Hall–Kier alpha value is -2.67. The zero-order valence-electron chi connectivity index (χ0n) is 11.0. The highest BCUT2D eigenvalue weighted by atomic mass is 16.1. The molecule has 96 valence electrons. The fourth-order valence-electron chi connectivity index (χ4n) is 2.37. The van der Waals surface area contributed by atoms with Crippen LogP contribution in [0.1, 0.15) is 10.4 Å². The summed E-state index contributed by atoms with van der Waals surface area (Å²) in [6.07, 6.45) is 0.833. The summed E-state index contributed by atoms with van der Waals surface area (Å²) in [5, 5.41) is 0. The Morgan fingerprint density at radius 3 is 1.15 bits per heavy atom. The van der Waals surface area contributed by atoms with Crippen molar-refractivity contribution in [1.29, 1.82) is 0 Å². The molecule has 0 bridgehead atoms. The predicted molar refractivity (Wildman–Crippen MR) is 82.7 cm³/mol. The van der Waals surface area contributed by atoms with Gasteiger partial charge in [0.2, 0.25) is 0 Å². The average molecular weight is 258 g/mol. The molecule has 0 aromatic heterocycles. The second-order valence-electron chi connectivity index (χ2n) is 4.62. The van der Waals surface area contributed by atoms with Crippen LogP contribution in [0.2, 0.25) is 0 Å². The van der Waals surface area contributed by atoms with Gasteiger partial charge in [0.15, 0.2) is 0 Å². The molecule has 0 unspecified atom stereocenters. The van der Waals surface area contributed by atoms with E-state index < -0.39 is 0 Å². The first-order valence-corrected chi connectivity index (χ1v) is 6.59. The van der Waals surface area contributed by atoms with Gasteiger partial charge in [-0.1, -0.05) is 78.9 Å². The van der Waals surface area contributed by atoms with E-state index in [4.69, 9.17) is 0 Å². The molecule has 0 saturated carbocycles. The van der Waals surface area contributed by atoms with Crippen LogP contribution in [0.5, 0.6) is 0 Å². The van der Waals surface area contributed by atoms with Crippen molar-refractivity contribution in [3.05, 3.63) is 84.4 Å². The maximum absolute atomic E-state index is 10.0. The summed E-state index contributed by atoms with van der Waals surface area (Å²) in [7, 11) is 0. The molecule has 1 aliphatic carbocycles. The summed E-state index contributed by atoms with van der Waals surface area (Å²) in [6.45, 7) is 0. The largest absolute Gasteiger partial charge is 0.298 e. The van der Waals surface area contributed by atoms with E-state index in [-0.39, 0.29) is 0 Å². The summed E-state index contributed by atoms with van der Waals surface area (Å²) in [5.41, 5.74) is 6.31. The number of rotatable bonds is 1. The van der Waals surface area contributed by atoms with E-state index in [1.165, 1.54) is 22.3 Å². The van der Waals surface area contributed by atoms with E-state index in [0.29, 0.717) is 0 Å². The Morgan fingerprint density at radius 1 is 0.500 bits per heavy atom. The second kappa shape index (κ2) is 5.54. The summed E-state index contributed by atoms with van der Waals surface area (Å²) >= 11 is 0. The van der Waals surface area contributed by atoms with Gasteiger partial charge in [0.25, 0.3) is 0 Å². The molecule has 0 fully saturated rings. The number of hydrogen-bond donors (Lipinski definition) is 0. The number of hydrogen-bond acceptors (Lipinski definition) is 1. The van der Waals surface area contributed by atoms with Crippen LogP contribution in [-0.2, 0) is 0 Å². The molecule has 1 heteroatoms. The zero-order valence-corrected chi connectivity index (χ0v) is 11.0. The minimum Gasteiger partial charge on any atom is -0.298 e. The second-order valence-corrected chi connectivity index (χ2v) is 4.62. The Balaban J connectivity index is 0.000000133. The molecule has 0 aliphatic heterocycles. The third-order valence-corrected chi connectivity index (χ3v) is 3.37. The zero-order chi connectivity index (χ0) is 13.8. The molecule has 3 aromatic carbocycles. The molecular weight excluding hydrogens is 244 g/mol. The molecule has 1 aliphatic rings. The van der Waals surface area contributed by atoms with Crippen LogP contribution in [0.25, 0.3) is 22.3 Å². The molecule has 20 heavy (non-hydrogen) atoms. The Labute approximate surface area is 118 Å². The summed E-state index contributed by atoms with van der Waals surface area (Å²) in [5.74, 6) is 0. The van der Waals surface area contributed by atoms with Crippen molar-refractivity contribution in [2.24, 2.45) is 0 Å². The predicted octanol–water partition coefficient (Wildman–Crippen LogP) is 4.83. The van der Waals surface area contributed by atoms with Crippen LogP contribution in [0.15, 0.2) is 78.9 Å². The summed E-state index contributed by atoms with van der Waals surface area (Å²) in [4.78, 5) is 10.0. The monoisotopic (exact) mass is 258 g/mol. The van der Waals surface area contributed by atoms with Gasteiger partial charge in [-0.15, -0.1) is 0 Å².